The highest BCUT2D eigenvalue weighted by atomic mass is 19.4. The first-order valence-corrected chi connectivity index (χ1v) is 10.1. The van der Waals surface area contributed by atoms with E-state index in [1.54, 1.807) is 23.2 Å². The first-order chi connectivity index (χ1) is 15.2. The Morgan fingerprint density at radius 3 is 2.72 bits per heavy atom. The van der Waals surface area contributed by atoms with Gasteiger partial charge in [-0.15, -0.1) is 5.10 Å². The van der Waals surface area contributed by atoms with E-state index in [1.807, 2.05) is 13.8 Å². The van der Waals surface area contributed by atoms with Gasteiger partial charge in [0.15, 0.2) is 5.82 Å². The summed E-state index contributed by atoms with van der Waals surface area (Å²) < 4.78 is 40.4. The molecule has 168 valence electrons. The van der Waals surface area contributed by atoms with Crippen LogP contribution < -0.4 is 5.32 Å². The van der Waals surface area contributed by atoms with Gasteiger partial charge in [-0.3, -0.25) is 4.79 Å². The highest BCUT2D eigenvalue weighted by Crippen LogP contribution is 2.29. The lowest BCUT2D eigenvalue weighted by molar-refractivity contribution is -0.141. The van der Waals surface area contributed by atoms with Crippen molar-refractivity contribution < 1.29 is 18.0 Å². The van der Waals surface area contributed by atoms with Crippen LogP contribution in [0.4, 0.5) is 19.1 Å². The standard InChI is InChI=1S/C20H21F3N8O/c1-12-5-6-14(17(26-12)31-11-9-25-29-31)18(32)30-10-3-4-15(13(30)2)27-19-24-8-7-16(28-19)20(21,22)23/h5-9,11,13,15H,3-4,10H2,1-2H3,(H,24,27,28)/t13-,15?/m0/s1. The van der Waals surface area contributed by atoms with Gasteiger partial charge in [0.25, 0.3) is 5.91 Å². The lowest BCUT2D eigenvalue weighted by atomic mass is 9.96. The fraction of sp³-hybridized carbons (Fsp3) is 0.400. The van der Waals surface area contributed by atoms with Crippen molar-refractivity contribution in [3.8, 4) is 5.82 Å². The molecular formula is C20H21F3N8O. The SMILES string of the molecule is Cc1ccc(C(=O)N2CCCC(Nc3nccc(C(F)(F)F)n3)[C@@H]2C)c(-n2ccnn2)n1. The van der Waals surface area contributed by atoms with Gasteiger partial charge in [-0.25, -0.2) is 19.6 Å². The molecule has 9 nitrogen and oxygen atoms in total. The molecule has 1 aliphatic rings. The monoisotopic (exact) mass is 446 g/mol. The first-order valence-electron chi connectivity index (χ1n) is 10.1. The number of anilines is 1. The van der Waals surface area contributed by atoms with Crippen LogP contribution in [0, 0.1) is 6.92 Å². The fourth-order valence-corrected chi connectivity index (χ4v) is 3.74. The molecule has 3 aromatic rings. The molecule has 0 spiro atoms. The average molecular weight is 446 g/mol. The highest BCUT2D eigenvalue weighted by molar-refractivity contribution is 5.97. The van der Waals surface area contributed by atoms with Gasteiger partial charge in [0.1, 0.15) is 5.69 Å². The number of carbonyl (C=O) groups excluding carboxylic acids is 1. The maximum atomic E-state index is 13.4. The molecule has 0 saturated carbocycles. The van der Waals surface area contributed by atoms with Crippen molar-refractivity contribution >= 4 is 11.9 Å². The number of aromatic nitrogens is 6. The first kappa shape index (κ1) is 21.7. The molecule has 0 radical (unpaired) electrons. The molecular weight excluding hydrogens is 425 g/mol. The van der Waals surface area contributed by atoms with Crippen LogP contribution in [0.2, 0.25) is 0 Å². The van der Waals surface area contributed by atoms with Crippen molar-refractivity contribution in [2.75, 3.05) is 11.9 Å². The molecule has 1 aliphatic heterocycles. The number of alkyl halides is 3. The Bertz CT molecular complexity index is 1100. The molecule has 0 aliphatic carbocycles. The second kappa shape index (κ2) is 8.52. The van der Waals surface area contributed by atoms with E-state index in [2.05, 4.69) is 30.6 Å². The van der Waals surface area contributed by atoms with Crippen molar-refractivity contribution in [3.63, 3.8) is 0 Å². The minimum Gasteiger partial charge on any atom is -0.349 e. The Hall–Kier alpha value is -3.57. The number of rotatable bonds is 4. The Balaban J connectivity index is 1.57. The van der Waals surface area contributed by atoms with Crippen LogP contribution in [0.15, 0.2) is 36.8 Å². The maximum Gasteiger partial charge on any atom is 0.433 e. The number of nitrogens with zero attached hydrogens (tertiary/aromatic N) is 7. The lowest BCUT2D eigenvalue weighted by Crippen LogP contribution is -2.52. The molecule has 1 saturated heterocycles. The van der Waals surface area contributed by atoms with E-state index in [0.717, 1.165) is 18.0 Å². The van der Waals surface area contributed by atoms with Gasteiger partial charge in [0.05, 0.1) is 18.0 Å². The Labute approximate surface area is 181 Å². The third kappa shape index (κ3) is 4.39. The summed E-state index contributed by atoms with van der Waals surface area (Å²) in [5.74, 6) is 0.00855. The van der Waals surface area contributed by atoms with Gasteiger partial charge >= 0.3 is 6.18 Å². The van der Waals surface area contributed by atoms with Crippen LogP contribution in [0.1, 0.15) is 41.5 Å². The zero-order valence-corrected chi connectivity index (χ0v) is 17.4. The molecule has 2 atom stereocenters. The maximum absolute atomic E-state index is 13.4. The van der Waals surface area contributed by atoms with Gasteiger partial charge in [-0.2, -0.15) is 13.2 Å². The van der Waals surface area contributed by atoms with Crippen LogP contribution >= 0.6 is 0 Å². The molecule has 1 unspecified atom stereocenters. The largest absolute Gasteiger partial charge is 0.433 e. The predicted molar refractivity (Wildman–Crippen MR) is 108 cm³/mol. The second-order valence-corrected chi connectivity index (χ2v) is 7.57. The summed E-state index contributed by atoms with van der Waals surface area (Å²) in [7, 11) is 0. The normalized spacial score (nSPS) is 19.1. The van der Waals surface area contributed by atoms with E-state index in [4.69, 9.17) is 0 Å². The van der Waals surface area contributed by atoms with E-state index >= 15 is 0 Å². The van der Waals surface area contributed by atoms with Crippen molar-refractivity contribution in [3.05, 3.63) is 53.7 Å². The number of hydrogen-bond acceptors (Lipinski definition) is 7. The van der Waals surface area contributed by atoms with Crippen molar-refractivity contribution in [1.82, 2.24) is 34.8 Å². The quantitative estimate of drug-likeness (QED) is 0.658. The van der Waals surface area contributed by atoms with Crippen LogP contribution in [0.3, 0.4) is 0 Å². The summed E-state index contributed by atoms with van der Waals surface area (Å²) in [6.45, 7) is 4.17. The predicted octanol–water partition coefficient (Wildman–Crippen LogP) is 2.88. The van der Waals surface area contributed by atoms with Gasteiger partial charge in [0.2, 0.25) is 5.95 Å². The number of hydrogen-bond donors (Lipinski definition) is 1. The summed E-state index contributed by atoms with van der Waals surface area (Å²) in [6.07, 6.45) is 0.939. The summed E-state index contributed by atoms with van der Waals surface area (Å²) in [4.78, 5) is 27.1. The van der Waals surface area contributed by atoms with Crippen molar-refractivity contribution in [2.24, 2.45) is 0 Å². The zero-order valence-electron chi connectivity index (χ0n) is 17.4. The number of piperidine rings is 1. The Kier molecular flexibility index (Phi) is 5.76. The fourth-order valence-electron chi connectivity index (χ4n) is 3.74. The van der Waals surface area contributed by atoms with Gasteiger partial charge in [0, 0.05) is 30.5 Å². The van der Waals surface area contributed by atoms with Crippen LogP contribution in [0.25, 0.3) is 5.82 Å². The van der Waals surface area contributed by atoms with Crippen LogP contribution in [-0.4, -0.2) is 59.4 Å². The number of likely N-dealkylation sites (tertiary alicyclic amines) is 1. The lowest BCUT2D eigenvalue weighted by Gasteiger charge is -2.40. The molecule has 12 heteroatoms. The van der Waals surface area contributed by atoms with E-state index in [9.17, 15) is 18.0 Å². The van der Waals surface area contributed by atoms with E-state index in [-0.39, 0.29) is 23.9 Å². The Morgan fingerprint density at radius 1 is 1.19 bits per heavy atom. The molecule has 0 bridgehead atoms. The number of nitrogens with one attached hydrogen (secondary N) is 1. The molecule has 0 aromatic carbocycles. The summed E-state index contributed by atoms with van der Waals surface area (Å²) >= 11 is 0. The van der Waals surface area contributed by atoms with Crippen LogP contribution in [-0.2, 0) is 6.18 Å². The Morgan fingerprint density at radius 2 is 2.00 bits per heavy atom. The minimum absolute atomic E-state index is 0.119. The topological polar surface area (TPSA) is 102 Å². The van der Waals surface area contributed by atoms with Gasteiger partial charge in [-0.05, 0) is 44.9 Å². The third-order valence-corrected chi connectivity index (χ3v) is 5.39. The minimum atomic E-state index is -4.56. The molecule has 1 fully saturated rings. The molecule has 1 amide bonds. The van der Waals surface area contributed by atoms with Gasteiger partial charge in [-0.1, -0.05) is 5.21 Å². The summed E-state index contributed by atoms with van der Waals surface area (Å²) in [5.41, 5.74) is 0.0681. The van der Waals surface area contributed by atoms with E-state index in [1.165, 1.54) is 10.9 Å². The molecule has 3 aromatic heterocycles. The molecule has 32 heavy (non-hydrogen) atoms. The summed E-state index contributed by atoms with van der Waals surface area (Å²) in [6, 6.07) is 3.63. The van der Waals surface area contributed by atoms with Crippen LogP contribution in [0.5, 0.6) is 0 Å². The van der Waals surface area contributed by atoms with Gasteiger partial charge < -0.3 is 10.2 Å². The molecule has 1 N–H and O–H groups in total. The molecule has 4 rings (SSSR count). The summed E-state index contributed by atoms with van der Waals surface area (Å²) in [5, 5.41) is 10.7. The van der Waals surface area contributed by atoms with E-state index < -0.39 is 11.9 Å². The molecule has 4 heterocycles. The highest BCUT2D eigenvalue weighted by Gasteiger charge is 2.35. The van der Waals surface area contributed by atoms with Crippen molar-refractivity contribution in [1.29, 1.82) is 0 Å². The number of halogens is 3. The number of amides is 1. The number of aryl methyl sites for hydroxylation is 1. The average Bonchev–Trinajstić information content (AvgIpc) is 3.29. The third-order valence-electron chi connectivity index (χ3n) is 5.39. The van der Waals surface area contributed by atoms with E-state index in [0.29, 0.717) is 30.8 Å². The smallest absolute Gasteiger partial charge is 0.349 e. The zero-order chi connectivity index (χ0) is 22.9. The number of carbonyl (C=O) groups is 1. The number of pyridine rings is 1. The second-order valence-electron chi connectivity index (χ2n) is 7.57. The van der Waals surface area contributed by atoms with Crippen molar-refractivity contribution in [2.45, 2.75) is 44.9 Å².